The third kappa shape index (κ3) is 5.25. The molecule has 18 heavy (non-hydrogen) atoms. The van der Waals surface area contributed by atoms with Gasteiger partial charge in [0.15, 0.2) is 0 Å². The zero-order valence-corrected chi connectivity index (χ0v) is 12.8. The molecule has 1 aliphatic heterocycles. The molecule has 0 aliphatic carbocycles. The van der Waals surface area contributed by atoms with Gasteiger partial charge in [0.05, 0.1) is 12.7 Å². The Hall–Kier alpha value is -0.120. The summed E-state index contributed by atoms with van der Waals surface area (Å²) in [5.74, 6) is 0. The molecule has 1 saturated heterocycles. The summed E-state index contributed by atoms with van der Waals surface area (Å²) in [6, 6.07) is 0.615. The summed E-state index contributed by atoms with van der Waals surface area (Å²) in [5, 5.41) is 0. The summed E-state index contributed by atoms with van der Waals surface area (Å²) >= 11 is 0. The van der Waals surface area contributed by atoms with Gasteiger partial charge in [-0.15, -0.1) is 0 Å². The molecule has 0 N–H and O–H groups in total. The van der Waals surface area contributed by atoms with E-state index in [-0.39, 0.29) is 0 Å². The molecule has 3 nitrogen and oxygen atoms in total. The minimum absolute atomic E-state index is 0.400. The Bertz CT molecular complexity index is 211. The second-order valence-corrected chi connectivity index (χ2v) is 5.72. The molecular formula is C15H32N2O. The molecule has 0 radical (unpaired) electrons. The molecule has 1 fully saturated rings. The van der Waals surface area contributed by atoms with Crippen molar-refractivity contribution in [3.63, 3.8) is 0 Å². The molecule has 0 saturated carbocycles. The van der Waals surface area contributed by atoms with Crippen molar-refractivity contribution >= 4 is 0 Å². The average Bonchev–Trinajstić information content (AvgIpc) is 2.33. The normalized spacial score (nSPS) is 25.8. The van der Waals surface area contributed by atoms with Gasteiger partial charge in [0.1, 0.15) is 0 Å². The highest BCUT2D eigenvalue weighted by Gasteiger charge is 2.30. The van der Waals surface area contributed by atoms with E-state index in [2.05, 4.69) is 37.7 Å². The maximum absolute atomic E-state index is 6.03. The minimum Gasteiger partial charge on any atom is -0.374 e. The zero-order valence-electron chi connectivity index (χ0n) is 12.8. The lowest BCUT2D eigenvalue weighted by Gasteiger charge is -2.40. The molecule has 1 heterocycles. The van der Waals surface area contributed by atoms with E-state index in [0.717, 1.165) is 19.7 Å². The lowest BCUT2D eigenvalue weighted by atomic mass is 10.00. The number of likely N-dealkylation sites (N-methyl/N-ethyl adjacent to an activating group) is 2. The zero-order chi connectivity index (χ0) is 13.4. The van der Waals surface area contributed by atoms with Gasteiger partial charge in [-0.1, -0.05) is 33.1 Å². The van der Waals surface area contributed by atoms with Crippen LogP contribution in [0.5, 0.6) is 0 Å². The van der Waals surface area contributed by atoms with Crippen LogP contribution in [-0.2, 0) is 4.74 Å². The van der Waals surface area contributed by atoms with Crippen LogP contribution < -0.4 is 0 Å². The Morgan fingerprint density at radius 2 is 2.00 bits per heavy atom. The van der Waals surface area contributed by atoms with Crippen LogP contribution in [0.2, 0.25) is 0 Å². The van der Waals surface area contributed by atoms with Gasteiger partial charge in [0, 0.05) is 19.1 Å². The first-order valence-electron chi connectivity index (χ1n) is 7.69. The largest absolute Gasteiger partial charge is 0.374 e. The van der Waals surface area contributed by atoms with E-state index in [1.807, 2.05) is 0 Å². The summed E-state index contributed by atoms with van der Waals surface area (Å²) in [7, 11) is 4.47. The second kappa shape index (κ2) is 8.89. The maximum Gasteiger partial charge on any atom is 0.0857 e. The number of unbranched alkanes of at least 4 members (excludes halogenated alkanes) is 2. The van der Waals surface area contributed by atoms with E-state index in [4.69, 9.17) is 4.74 Å². The van der Waals surface area contributed by atoms with Crippen molar-refractivity contribution in [3.05, 3.63) is 0 Å². The fourth-order valence-electron chi connectivity index (χ4n) is 2.87. The lowest BCUT2D eigenvalue weighted by Crippen LogP contribution is -2.53. The summed E-state index contributed by atoms with van der Waals surface area (Å²) in [6.45, 7) is 8.74. The first kappa shape index (κ1) is 15.9. The van der Waals surface area contributed by atoms with E-state index in [0.29, 0.717) is 12.1 Å². The molecule has 0 aromatic heterocycles. The van der Waals surface area contributed by atoms with Gasteiger partial charge in [-0.2, -0.15) is 0 Å². The van der Waals surface area contributed by atoms with Crippen molar-refractivity contribution in [1.29, 1.82) is 0 Å². The van der Waals surface area contributed by atoms with Crippen molar-refractivity contribution in [3.8, 4) is 0 Å². The molecular weight excluding hydrogens is 224 g/mol. The number of hydrogen-bond acceptors (Lipinski definition) is 3. The topological polar surface area (TPSA) is 15.7 Å². The van der Waals surface area contributed by atoms with Gasteiger partial charge in [0.25, 0.3) is 0 Å². The van der Waals surface area contributed by atoms with Crippen molar-refractivity contribution in [2.24, 2.45) is 0 Å². The van der Waals surface area contributed by atoms with E-state index >= 15 is 0 Å². The van der Waals surface area contributed by atoms with E-state index in [1.165, 1.54) is 38.6 Å². The fourth-order valence-corrected chi connectivity index (χ4v) is 2.87. The van der Waals surface area contributed by atoms with Crippen LogP contribution in [-0.4, -0.2) is 62.3 Å². The molecule has 0 aromatic carbocycles. The third-order valence-electron chi connectivity index (χ3n) is 3.97. The van der Waals surface area contributed by atoms with Crippen molar-refractivity contribution in [2.75, 3.05) is 40.3 Å². The van der Waals surface area contributed by atoms with Crippen LogP contribution in [0.3, 0.4) is 0 Å². The first-order chi connectivity index (χ1) is 8.69. The lowest BCUT2D eigenvalue weighted by molar-refractivity contribution is -0.0746. The third-order valence-corrected chi connectivity index (χ3v) is 3.97. The average molecular weight is 256 g/mol. The predicted octanol–water partition coefficient (Wildman–Crippen LogP) is 2.61. The smallest absolute Gasteiger partial charge is 0.0857 e. The maximum atomic E-state index is 6.03. The molecule has 2 atom stereocenters. The highest BCUT2D eigenvalue weighted by atomic mass is 16.5. The highest BCUT2D eigenvalue weighted by Crippen LogP contribution is 2.19. The van der Waals surface area contributed by atoms with Crippen LogP contribution in [0.1, 0.15) is 46.0 Å². The molecule has 3 heteroatoms. The number of nitrogens with zero attached hydrogens (tertiary/aromatic N) is 2. The van der Waals surface area contributed by atoms with Gasteiger partial charge in [-0.25, -0.2) is 0 Å². The number of rotatable bonds is 8. The number of morpholine rings is 1. The summed E-state index contributed by atoms with van der Waals surface area (Å²) < 4.78 is 6.03. The Balaban J connectivity index is 2.44. The fraction of sp³-hybridized carbons (Fsp3) is 1.00. The van der Waals surface area contributed by atoms with Crippen molar-refractivity contribution in [1.82, 2.24) is 9.80 Å². The Morgan fingerprint density at radius 3 is 2.67 bits per heavy atom. The van der Waals surface area contributed by atoms with Gasteiger partial charge in [-0.3, -0.25) is 4.90 Å². The van der Waals surface area contributed by atoms with E-state index in [9.17, 15) is 0 Å². The molecule has 0 spiro atoms. The predicted molar refractivity (Wildman–Crippen MR) is 78.1 cm³/mol. The number of ether oxygens (including phenoxy) is 1. The van der Waals surface area contributed by atoms with Gasteiger partial charge < -0.3 is 9.64 Å². The molecule has 1 aliphatic rings. The first-order valence-corrected chi connectivity index (χ1v) is 7.69. The van der Waals surface area contributed by atoms with Crippen LogP contribution in [0.25, 0.3) is 0 Å². The quantitative estimate of drug-likeness (QED) is 0.621. The summed E-state index contributed by atoms with van der Waals surface area (Å²) in [6.07, 6.45) is 6.90. The van der Waals surface area contributed by atoms with E-state index < -0.39 is 0 Å². The second-order valence-electron chi connectivity index (χ2n) is 5.72. The van der Waals surface area contributed by atoms with Crippen LogP contribution in [0.4, 0.5) is 0 Å². The molecule has 0 unspecified atom stereocenters. The molecule has 0 amide bonds. The van der Waals surface area contributed by atoms with Gasteiger partial charge in [-0.05, 0) is 33.5 Å². The minimum atomic E-state index is 0.400. The summed E-state index contributed by atoms with van der Waals surface area (Å²) in [4.78, 5) is 4.92. The van der Waals surface area contributed by atoms with Crippen molar-refractivity contribution in [2.45, 2.75) is 58.1 Å². The van der Waals surface area contributed by atoms with Gasteiger partial charge in [0.2, 0.25) is 0 Å². The Kier molecular flexibility index (Phi) is 7.87. The van der Waals surface area contributed by atoms with Crippen molar-refractivity contribution < 1.29 is 4.74 Å². The SMILES string of the molecule is CCCCC[C@H]1[C@@H](CN(C)CCC)OCCN1C. The molecule has 108 valence electrons. The van der Waals surface area contributed by atoms with Gasteiger partial charge >= 0.3 is 0 Å². The molecule has 0 aromatic rings. The van der Waals surface area contributed by atoms with Crippen LogP contribution in [0, 0.1) is 0 Å². The highest BCUT2D eigenvalue weighted by molar-refractivity contribution is 4.84. The van der Waals surface area contributed by atoms with Crippen LogP contribution >= 0.6 is 0 Å². The number of hydrogen-bond donors (Lipinski definition) is 0. The molecule has 0 bridgehead atoms. The Morgan fingerprint density at radius 1 is 1.22 bits per heavy atom. The summed E-state index contributed by atoms with van der Waals surface area (Å²) in [5.41, 5.74) is 0. The monoisotopic (exact) mass is 256 g/mol. The Labute approximate surface area is 113 Å². The van der Waals surface area contributed by atoms with E-state index in [1.54, 1.807) is 0 Å². The van der Waals surface area contributed by atoms with Crippen LogP contribution in [0.15, 0.2) is 0 Å². The molecule has 1 rings (SSSR count). The standard InChI is InChI=1S/C15H32N2O/c1-5-7-8-9-14-15(13-16(3)10-6-2)18-12-11-17(14)4/h14-15H,5-13H2,1-4H3/t14-,15+/m0/s1.